The zero-order chi connectivity index (χ0) is 14.1. The monoisotopic (exact) mass is 289 g/mol. The number of hydrogen-bond donors (Lipinski definition) is 3. The number of aromatic nitrogens is 2. The lowest BCUT2D eigenvalue weighted by atomic mass is 10.0. The molecule has 0 fully saturated rings. The van der Waals surface area contributed by atoms with Gasteiger partial charge in [-0.2, -0.15) is 5.10 Å². The Kier molecular flexibility index (Phi) is 3.36. The number of fused-ring (bicyclic) bond motifs is 1. The lowest BCUT2D eigenvalue weighted by Crippen LogP contribution is -2.35. The number of hydrogen-bond acceptors (Lipinski definition) is 4. The third kappa shape index (κ3) is 2.14. The normalized spacial score (nSPS) is 15.8. The summed E-state index contributed by atoms with van der Waals surface area (Å²) in [6.45, 7) is 1.62. The Hall–Kier alpha value is -2.01. The van der Waals surface area contributed by atoms with Crippen molar-refractivity contribution in [3.8, 4) is 0 Å². The van der Waals surface area contributed by atoms with Crippen LogP contribution in [0, 0.1) is 5.41 Å². The largest absolute Gasteiger partial charge is 0.390 e. The summed E-state index contributed by atoms with van der Waals surface area (Å²) in [5, 5.41) is 19.5. The minimum atomic E-state index is 0.699. The summed E-state index contributed by atoms with van der Waals surface area (Å²) >= 11 is 6.19. The molecule has 1 aromatic heterocycles. The zero-order valence-corrected chi connectivity index (χ0v) is 12.0. The third-order valence-electron chi connectivity index (χ3n) is 3.71. The van der Waals surface area contributed by atoms with Gasteiger partial charge >= 0.3 is 0 Å². The van der Waals surface area contributed by atoms with E-state index in [1.807, 2.05) is 25.4 Å². The van der Waals surface area contributed by atoms with E-state index in [0.29, 0.717) is 5.02 Å². The molecule has 0 bridgehead atoms. The van der Waals surface area contributed by atoms with E-state index in [9.17, 15) is 0 Å². The first-order valence-corrected chi connectivity index (χ1v) is 6.88. The van der Waals surface area contributed by atoms with Gasteiger partial charge in [-0.3, -0.25) is 5.10 Å². The molecule has 2 aromatic rings. The topological polar surface area (TPSA) is 67.8 Å². The van der Waals surface area contributed by atoms with Crippen molar-refractivity contribution in [2.45, 2.75) is 6.42 Å². The number of halogens is 1. The van der Waals surface area contributed by atoms with Gasteiger partial charge in [0.25, 0.3) is 0 Å². The van der Waals surface area contributed by atoms with Crippen molar-refractivity contribution >= 4 is 34.4 Å². The molecule has 104 valence electrons. The molecule has 6 heteroatoms. The van der Waals surface area contributed by atoms with E-state index >= 15 is 0 Å². The molecule has 0 amide bonds. The summed E-state index contributed by atoms with van der Waals surface area (Å²) in [6.07, 6.45) is 4.12. The molecular weight excluding hydrogens is 274 g/mol. The minimum Gasteiger partial charge on any atom is -0.390 e. The summed E-state index contributed by atoms with van der Waals surface area (Å²) in [6, 6.07) is 3.86. The fourth-order valence-corrected chi connectivity index (χ4v) is 2.85. The summed E-state index contributed by atoms with van der Waals surface area (Å²) in [4.78, 5) is 2.27. The van der Waals surface area contributed by atoms with Gasteiger partial charge in [0.2, 0.25) is 0 Å². The second kappa shape index (κ2) is 5.17. The van der Waals surface area contributed by atoms with Crippen LogP contribution in [0.2, 0.25) is 5.02 Å². The number of nitrogens with one attached hydrogen (secondary N) is 3. The third-order valence-corrected chi connectivity index (χ3v) is 3.92. The van der Waals surface area contributed by atoms with Crippen molar-refractivity contribution in [2.75, 3.05) is 25.0 Å². The highest BCUT2D eigenvalue weighted by Gasteiger charge is 2.20. The first-order valence-electron chi connectivity index (χ1n) is 6.50. The van der Waals surface area contributed by atoms with E-state index in [-0.39, 0.29) is 0 Å². The van der Waals surface area contributed by atoms with Gasteiger partial charge in [-0.25, -0.2) is 0 Å². The average Bonchev–Trinajstić information content (AvgIpc) is 2.93. The van der Waals surface area contributed by atoms with E-state index in [2.05, 4.69) is 20.4 Å². The van der Waals surface area contributed by atoms with E-state index in [1.54, 1.807) is 0 Å². The van der Waals surface area contributed by atoms with Crippen LogP contribution < -0.4 is 10.2 Å². The fraction of sp³-hybridized carbons (Fsp3) is 0.286. The van der Waals surface area contributed by atoms with Crippen molar-refractivity contribution in [3.63, 3.8) is 0 Å². The molecule has 0 saturated heterocycles. The highest BCUT2D eigenvalue weighted by molar-refractivity contribution is 6.31. The van der Waals surface area contributed by atoms with Gasteiger partial charge in [-0.1, -0.05) is 11.6 Å². The Balaban J connectivity index is 2.02. The molecule has 1 aliphatic rings. The standard InChI is InChI=1S/C14H16ClN5/c1-17-13-8-20(3-2-9(13)6-16)14-5-10(15)4-12-11(14)7-18-19-12/h4-7,16-17H,2-3,8H2,1H3,(H,18,19). The van der Waals surface area contributed by atoms with Crippen LogP contribution in [0.15, 0.2) is 29.6 Å². The number of aromatic amines is 1. The van der Waals surface area contributed by atoms with E-state index in [1.165, 1.54) is 6.21 Å². The van der Waals surface area contributed by atoms with Crippen LogP contribution >= 0.6 is 11.6 Å². The maximum atomic E-state index is 7.46. The Morgan fingerprint density at radius 1 is 1.50 bits per heavy atom. The first-order chi connectivity index (χ1) is 9.72. The van der Waals surface area contributed by atoms with Gasteiger partial charge in [0.05, 0.1) is 18.3 Å². The molecule has 0 radical (unpaired) electrons. The van der Waals surface area contributed by atoms with Gasteiger partial charge in [-0.15, -0.1) is 0 Å². The maximum Gasteiger partial charge on any atom is 0.0686 e. The number of benzene rings is 1. The minimum absolute atomic E-state index is 0.699. The molecular formula is C14H16ClN5. The van der Waals surface area contributed by atoms with Gasteiger partial charge in [0, 0.05) is 41.6 Å². The van der Waals surface area contributed by atoms with Gasteiger partial charge in [0.1, 0.15) is 0 Å². The molecule has 0 unspecified atom stereocenters. The van der Waals surface area contributed by atoms with Crippen LogP contribution in [-0.4, -0.2) is 36.5 Å². The molecule has 0 aliphatic carbocycles. The van der Waals surface area contributed by atoms with Crippen molar-refractivity contribution in [1.82, 2.24) is 15.5 Å². The maximum absolute atomic E-state index is 7.46. The first kappa shape index (κ1) is 13.0. The number of anilines is 1. The van der Waals surface area contributed by atoms with Gasteiger partial charge in [0.15, 0.2) is 0 Å². The van der Waals surface area contributed by atoms with Crippen LogP contribution in [0.25, 0.3) is 10.9 Å². The van der Waals surface area contributed by atoms with Crippen LogP contribution in [0.5, 0.6) is 0 Å². The van der Waals surface area contributed by atoms with Gasteiger partial charge in [-0.05, 0) is 24.1 Å². The molecule has 1 aliphatic heterocycles. The molecule has 3 N–H and O–H groups in total. The molecule has 0 atom stereocenters. The molecule has 0 spiro atoms. The molecule has 2 heterocycles. The Morgan fingerprint density at radius 2 is 2.35 bits per heavy atom. The van der Waals surface area contributed by atoms with E-state index < -0.39 is 0 Å². The molecule has 3 rings (SSSR count). The fourth-order valence-electron chi connectivity index (χ4n) is 2.64. The van der Waals surface area contributed by atoms with Gasteiger partial charge < -0.3 is 15.6 Å². The van der Waals surface area contributed by atoms with Crippen LogP contribution in [0.4, 0.5) is 5.69 Å². The summed E-state index contributed by atoms with van der Waals surface area (Å²) in [5.41, 5.74) is 4.18. The van der Waals surface area contributed by atoms with Crippen molar-refractivity contribution < 1.29 is 0 Å². The predicted molar refractivity (Wildman–Crippen MR) is 82.8 cm³/mol. The average molecular weight is 290 g/mol. The highest BCUT2D eigenvalue weighted by atomic mass is 35.5. The summed E-state index contributed by atoms with van der Waals surface area (Å²) < 4.78 is 0. The smallest absolute Gasteiger partial charge is 0.0686 e. The van der Waals surface area contributed by atoms with E-state index in [0.717, 1.165) is 47.4 Å². The van der Waals surface area contributed by atoms with Crippen molar-refractivity contribution in [2.24, 2.45) is 0 Å². The lowest BCUT2D eigenvalue weighted by Gasteiger charge is -2.32. The zero-order valence-electron chi connectivity index (χ0n) is 11.2. The quantitative estimate of drug-likeness (QED) is 0.761. The number of nitrogens with zero attached hydrogens (tertiary/aromatic N) is 2. The SMILES string of the molecule is CNC1=C(C=N)CCN(c2cc(Cl)cc3[nH]ncc23)C1. The number of likely N-dealkylation sites (N-methyl/N-ethyl adjacent to an activating group) is 1. The second-order valence-electron chi connectivity index (χ2n) is 4.83. The lowest BCUT2D eigenvalue weighted by molar-refractivity contribution is 0.736. The predicted octanol–water partition coefficient (Wildman–Crippen LogP) is 2.55. The second-order valence-corrected chi connectivity index (χ2v) is 5.26. The molecule has 0 saturated carbocycles. The molecule has 5 nitrogen and oxygen atoms in total. The van der Waals surface area contributed by atoms with Crippen molar-refractivity contribution in [1.29, 1.82) is 5.41 Å². The van der Waals surface area contributed by atoms with Crippen LogP contribution in [-0.2, 0) is 0 Å². The highest BCUT2D eigenvalue weighted by Crippen LogP contribution is 2.31. The van der Waals surface area contributed by atoms with Crippen LogP contribution in [0.1, 0.15) is 6.42 Å². The number of rotatable bonds is 3. The van der Waals surface area contributed by atoms with Crippen LogP contribution in [0.3, 0.4) is 0 Å². The summed E-state index contributed by atoms with van der Waals surface area (Å²) in [5.74, 6) is 0. The molecule has 20 heavy (non-hydrogen) atoms. The Morgan fingerprint density at radius 3 is 3.10 bits per heavy atom. The molecule has 1 aromatic carbocycles. The summed E-state index contributed by atoms with van der Waals surface area (Å²) in [7, 11) is 1.90. The Bertz CT molecular complexity index is 688. The Labute approximate surface area is 122 Å². The van der Waals surface area contributed by atoms with E-state index in [4.69, 9.17) is 17.0 Å². The number of H-pyrrole nitrogens is 1. The van der Waals surface area contributed by atoms with Crippen molar-refractivity contribution in [3.05, 3.63) is 34.6 Å².